The number of benzene rings is 1. The molecule has 0 bridgehead atoms. The molecular formula is C17H18FN3NaO4. The average molecular weight is 370 g/mol. The molecule has 2 heterocycles. The van der Waals surface area contributed by atoms with Crippen LogP contribution in [0.25, 0.3) is 10.9 Å². The Morgan fingerprint density at radius 3 is 2.42 bits per heavy atom. The summed E-state index contributed by atoms with van der Waals surface area (Å²) in [5.41, 5.74) is 0.0560. The molecular weight excluding hydrogens is 352 g/mol. The van der Waals surface area contributed by atoms with Gasteiger partial charge in [0.15, 0.2) is 5.43 Å². The molecule has 1 radical (unpaired) electrons. The average Bonchev–Trinajstić information content (AvgIpc) is 2.61. The summed E-state index contributed by atoms with van der Waals surface area (Å²) in [7, 11) is 0. The number of rotatable bonds is 4. The van der Waals surface area contributed by atoms with Crippen molar-refractivity contribution < 1.29 is 19.1 Å². The first-order chi connectivity index (χ1) is 12.0. The number of halogens is 1. The van der Waals surface area contributed by atoms with E-state index < -0.39 is 17.2 Å². The number of carbonyl (C=O) groups excluding carboxylic acids is 1. The maximum absolute atomic E-state index is 14.6. The van der Waals surface area contributed by atoms with Crippen LogP contribution in [0.5, 0.6) is 0 Å². The number of piperazine rings is 1. The van der Waals surface area contributed by atoms with Gasteiger partial charge in [0.05, 0.1) is 11.2 Å². The summed E-state index contributed by atoms with van der Waals surface area (Å²) in [6.45, 7) is 4.00. The number of aryl methyl sites for hydroxylation is 1. The van der Waals surface area contributed by atoms with Gasteiger partial charge < -0.3 is 19.5 Å². The van der Waals surface area contributed by atoms with Gasteiger partial charge in [-0.2, -0.15) is 0 Å². The van der Waals surface area contributed by atoms with Gasteiger partial charge in [-0.1, -0.05) is 0 Å². The second-order valence-electron chi connectivity index (χ2n) is 5.89. The number of hydrogen-bond acceptors (Lipinski definition) is 4. The van der Waals surface area contributed by atoms with E-state index in [0.29, 0.717) is 43.9 Å². The first-order valence-electron chi connectivity index (χ1n) is 8.01. The molecule has 1 aliphatic heterocycles. The topological polar surface area (TPSA) is 82.8 Å². The van der Waals surface area contributed by atoms with Crippen LogP contribution in [0.3, 0.4) is 0 Å². The van der Waals surface area contributed by atoms with Crippen molar-refractivity contribution in [1.82, 2.24) is 9.47 Å². The van der Waals surface area contributed by atoms with E-state index in [4.69, 9.17) is 0 Å². The Morgan fingerprint density at radius 2 is 1.88 bits per heavy atom. The minimum Gasteiger partial charge on any atom is -0.477 e. The summed E-state index contributed by atoms with van der Waals surface area (Å²) >= 11 is 0. The van der Waals surface area contributed by atoms with Crippen LogP contribution < -0.4 is 10.3 Å². The first kappa shape index (κ1) is 20.4. The largest absolute Gasteiger partial charge is 0.477 e. The summed E-state index contributed by atoms with van der Waals surface area (Å²) in [6, 6.07) is 3.71. The maximum Gasteiger partial charge on any atom is 0.352 e. The molecule has 133 valence electrons. The minimum atomic E-state index is -1.20. The number of carboxylic acids is 1. The quantitative estimate of drug-likeness (QED) is 0.635. The Hall–Kier alpha value is -1.90. The molecule has 1 fully saturated rings. The van der Waals surface area contributed by atoms with E-state index in [9.17, 15) is 23.9 Å². The maximum atomic E-state index is 14.6. The monoisotopic (exact) mass is 370 g/mol. The molecule has 1 aromatic heterocycles. The molecule has 2 aromatic rings. The predicted octanol–water partition coefficient (Wildman–Crippen LogP) is 0.756. The molecule has 0 spiro atoms. The summed E-state index contributed by atoms with van der Waals surface area (Å²) < 4.78 is 16.1. The van der Waals surface area contributed by atoms with Gasteiger partial charge in [-0.25, -0.2) is 9.18 Å². The van der Waals surface area contributed by atoms with Crippen LogP contribution in [-0.4, -0.2) is 82.7 Å². The van der Waals surface area contributed by atoms with E-state index in [1.165, 1.54) is 10.6 Å². The van der Waals surface area contributed by atoms with Crippen LogP contribution in [0, 0.1) is 5.82 Å². The van der Waals surface area contributed by atoms with Crippen LogP contribution in [0.4, 0.5) is 10.1 Å². The number of pyridine rings is 1. The third kappa shape index (κ3) is 3.62. The molecule has 0 aliphatic carbocycles. The Balaban J connectivity index is 0.00000243. The van der Waals surface area contributed by atoms with Crippen LogP contribution in [-0.2, 0) is 11.3 Å². The molecule has 1 aliphatic rings. The van der Waals surface area contributed by atoms with Gasteiger partial charge in [-0.15, -0.1) is 0 Å². The third-order valence-electron chi connectivity index (χ3n) is 4.52. The normalized spacial score (nSPS) is 14.2. The zero-order valence-corrected chi connectivity index (χ0v) is 16.7. The molecule has 1 N–H and O–H groups in total. The fourth-order valence-corrected chi connectivity index (χ4v) is 3.21. The number of hydrogen-bond donors (Lipinski definition) is 1. The van der Waals surface area contributed by atoms with Gasteiger partial charge in [0.2, 0.25) is 6.41 Å². The van der Waals surface area contributed by atoms with E-state index in [-0.39, 0.29) is 40.6 Å². The van der Waals surface area contributed by atoms with Crippen molar-refractivity contribution in [2.24, 2.45) is 0 Å². The number of carbonyl (C=O) groups is 2. The van der Waals surface area contributed by atoms with E-state index >= 15 is 0 Å². The van der Waals surface area contributed by atoms with Gasteiger partial charge in [-0.3, -0.25) is 9.59 Å². The molecule has 9 heteroatoms. The second-order valence-corrected chi connectivity index (χ2v) is 5.89. The first-order valence-corrected chi connectivity index (χ1v) is 8.01. The number of amides is 1. The Morgan fingerprint density at radius 1 is 1.23 bits per heavy atom. The summed E-state index contributed by atoms with van der Waals surface area (Å²) in [5.74, 6) is -1.73. The van der Waals surface area contributed by atoms with E-state index in [2.05, 4.69) is 0 Å². The van der Waals surface area contributed by atoms with Crippen molar-refractivity contribution in [3.8, 4) is 0 Å². The van der Waals surface area contributed by atoms with E-state index in [0.717, 1.165) is 18.5 Å². The number of carboxylic acid groups (broad SMARTS) is 1. The molecule has 1 amide bonds. The third-order valence-corrected chi connectivity index (χ3v) is 4.52. The van der Waals surface area contributed by atoms with Gasteiger partial charge in [-0.05, 0) is 19.1 Å². The fraction of sp³-hybridized carbons (Fsp3) is 0.353. The number of aromatic nitrogens is 1. The Labute approximate surface area is 171 Å². The minimum absolute atomic E-state index is 0. The molecule has 1 aromatic carbocycles. The van der Waals surface area contributed by atoms with Crippen molar-refractivity contribution in [2.75, 3.05) is 31.1 Å². The van der Waals surface area contributed by atoms with Gasteiger partial charge in [0.25, 0.3) is 0 Å². The number of aromatic carboxylic acids is 1. The van der Waals surface area contributed by atoms with Gasteiger partial charge in [0, 0.05) is 73.7 Å². The van der Waals surface area contributed by atoms with E-state index in [1.807, 2.05) is 0 Å². The standard InChI is InChI=1S/C17H18FN3O4.Na/c1-2-21-13-8-14(20-5-3-19(10-22)4-6-20)12(18)7-11(13)16(23)9-15(21)17(24)25;/h7-10H,2-6H2,1H3,(H,24,25);. The second kappa shape index (κ2) is 8.20. The molecule has 0 unspecified atom stereocenters. The predicted molar refractivity (Wildman–Crippen MR) is 96.4 cm³/mol. The zero-order valence-electron chi connectivity index (χ0n) is 14.7. The van der Waals surface area contributed by atoms with Crippen molar-refractivity contribution in [3.05, 3.63) is 39.9 Å². The van der Waals surface area contributed by atoms with Gasteiger partial charge in [0.1, 0.15) is 11.5 Å². The van der Waals surface area contributed by atoms with Crippen LogP contribution in [0.1, 0.15) is 17.4 Å². The van der Waals surface area contributed by atoms with Crippen LogP contribution >= 0.6 is 0 Å². The molecule has 0 atom stereocenters. The van der Waals surface area contributed by atoms with E-state index in [1.54, 1.807) is 16.7 Å². The number of nitrogens with zero attached hydrogens (tertiary/aromatic N) is 3. The summed E-state index contributed by atoms with van der Waals surface area (Å²) in [4.78, 5) is 37.8. The van der Waals surface area contributed by atoms with Crippen molar-refractivity contribution in [1.29, 1.82) is 0 Å². The number of anilines is 1. The molecule has 3 rings (SSSR count). The SMILES string of the molecule is CCn1c(C(=O)O)cc(=O)c2cc(F)c(N3CCN(C=O)CC3)cc21.[Na]. The molecule has 26 heavy (non-hydrogen) atoms. The van der Waals surface area contributed by atoms with Crippen LogP contribution in [0.2, 0.25) is 0 Å². The summed E-state index contributed by atoms with van der Waals surface area (Å²) in [5, 5.41) is 9.48. The molecule has 0 saturated carbocycles. The zero-order chi connectivity index (χ0) is 18.1. The van der Waals surface area contributed by atoms with Crippen LogP contribution in [0.15, 0.2) is 23.0 Å². The van der Waals surface area contributed by atoms with Gasteiger partial charge >= 0.3 is 5.97 Å². The number of fused-ring (bicyclic) bond motifs is 1. The van der Waals surface area contributed by atoms with Crippen molar-refractivity contribution >= 4 is 58.5 Å². The summed E-state index contributed by atoms with van der Waals surface area (Å²) in [6.07, 6.45) is 0.766. The Bertz CT molecular complexity index is 907. The molecule has 1 saturated heterocycles. The smallest absolute Gasteiger partial charge is 0.352 e. The molecule has 7 nitrogen and oxygen atoms in total. The Kier molecular flexibility index (Phi) is 6.44. The van der Waals surface area contributed by atoms with Crippen molar-refractivity contribution in [3.63, 3.8) is 0 Å². The fourth-order valence-electron chi connectivity index (χ4n) is 3.21. The van der Waals surface area contributed by atoms with Crippen molar-refractivity contribution in [2.45, 2.75) is 13.5 Å².